The monoisotopic (exact) mass is 324 g/mol. The predicted molar refractivity (Wildman–Crippen MR) is 82.6 cm³/mol. The molecular formula is C13H16N4O2S2. The summed E-state index contributed by atoms with van der Waals surface area (Å²) in [6.07, 6.45) is 1.82. The molecule has 0 radical (unpaired) electrons. The number of carboxylic acid groups (broad SMARTS) is 1. The van der Waals surface area contributed by atoms with Crippen molar-refractivity contribution in [2.45, 2.75) is 38.0 Å². The van der Waals surface area contributed by atoms with Gasteiger partial charge in [0.05, 0.1) is 17.3 Å². The predicted octanol–water partition coefficient (Wildman–Crippen LogP) is 2.62. The van der Waals surface area contributed by atoms with Crippen molar-refractivity contribution in [2.75, 3.05) is 5.75 Å². The number of carboxylic acids is 1. The normalized spacial score (nSPS) is 15.7. The number of thioether (sulfide) groups is 1. The first-order valence-corrected chi connectivity index (χ1v) is 8.85. The molecule has 2 aromatic heterocycles. The van der Waals surface area contributed by atoms with E-state index in [-0.39, 0.29) is 12.5 Å². The van der Waals surface area contributed by atoms with Crippen LogP contribution in [0.4, 0.5) is 0 Å². The number of fused-ring (bicyclic) bond motifs is 1. The molecule has 6 nitrogen and oxygen atoms in total. The second kappa shape index (κ2) is 6.15. The minimum atomic E-state index is -0.829. The van der Waals surface area contributed by atoms with Crippen LogP contribution in [0.1, 0.15) is 36.2 Å². The van der Waals surface area contributed by atoms with Crippen molar-refractivity contribution in [1.82, 2.24) is 20.2 Å². The fraction of sp³-hybridized carbons (Fsp3) is 0.538. The zero-order valence-corrected chi connectivity index (χ0v) is 13.3. The number of rotatable bonds is 5. The molecule has 3 heterocycles. The van der Waals surface area contributed by atoms with Gasteiger partial charge in [-0.1, -0.05) is 6.92 Å². The fourth-order valence-electron chi connectivity index (χ4n) is 2.46. The van der Waals surface area contributed by atoms with Crippen molar-refractivity contribution < 1.29 is 9.90 Å². The van der Waals surface area contributed by atoms with E-state index >= 15 is 0 Å². The van der Waals surface area contributed by atoms with Crippen LogP contribution in [0.25, 0.3) is 10.7 Å². The van der Waals surface area contributed by atoms with Gasteiger partial charge in [0.25, 0.3) is 0 Å². The Morgan fingerprint density at radius 1 is 1.57 bits per heavy atom. The summed E-state index contributed by atoms with van der Waals surface area (Å²) in [4.78, 5) is 13.4. The molecule has 2 aromatic rings. The topological polar surface area (TPSA) is 80.9 Å². The Labute approximate surface area is 130 Å². The third-order valence-electron chi connectivity index (χ3n) is 3.57. The van der Waals surface area contributed by atoms with Crippen molar-refractivity contribution in [3.63, 3.8) is 0 Å². The maximum Gasteiger partial charge on any atom is 0.305 e. The Hall–Kier alpha value is -1.41. The number of hydrogen-bond acceptors (Lipinski definition) is 6. The van der Waals surface area contributed by atoms with Crippen LogP contribution in [-0.2, 0) is 17.0 Å². The minimum absolute atomic E-state index is 0.0372. The molecule has 1 N–H and O–H groups in total. The zero-order valence-electron chi connectivity index (χ0n) is 11.7. The molecule has 0 saturated carbocycles. The summed E-state index contributed by atoms with van der Waals surface area (Å²) in [5.74, 6) is 2.06. The first-order chi connectivity index (χ1) is 10.2. The zero-order chi connectivity index (χ0) is 14.8. The van der Waals surface area contributed by atoms with Gasteiger partial charge < -0.3 is 5.11 Å². The largest absolute Gasteiger partial charge is 0.481 e. The molecule has 1 aliphatic heterocycles. The van der Waals surface area contributed by atoms with E-state index in [1.54, 1.807) is 16.0 Å². The van der Waals surface area contributed by atoms with E-state index in [1.807, 2.05) is 18.7 Å². The lowest BCUT2D eigenvalue weighted by Gasteiger charge is -2.13. The van der Waals surface area contributed by atoms with Crippen LogP contribution in [-0.4, -0.2) is 37.0 Å². The third kappa shape index (κ3) is 2.96. The summed E-state index contributed by atoms with van der Waals surface area (Å²) in [6, 6.07) is 1.95. The van der Waals surface area contributed by atoms with E-state index in [0.29, 0.717) is 12.2 Å². The van der Waals surface area contributed by atoms with Crippen LogP contribution in [0, 0.1) is 0 Å². The van der Waals surface area contributed by atoms with Gasteiger partial charge in [-0.2, -0.15) is 11.8 Å². The van der Waals surface area contributed by atoms with Crippen molar-refractivity contribution >= 4 is 29.1 Å². The summed E-state index contributed by atoms with van der Waals surface area (Å²) in [7, 11) is 0. The second-order valence-corrected chi connectivity index (χ2v) is 7.21. The van der Waals surface area contributed by atoms with Gasteiger partial charge in [0.1, 0.15) is 0 Å². The van der Waals surface area contributed by atoms with Gasteiger partial charge in [-0.15, -0.1) is 16.4 Å². The number of tetrazole rings is 1. The molecule has 3 rings (SSSR count). The summed E-state index contributed by atoms with van der Waals surface area (Å²) in [6.45, 7) is 1.95. The molecule has 112 valence electrons. The average Bonchev–Trinajstić information content (AvgIpc) is 3.10. The maximum atomic E-state index is 11.0. The van der Waals surface area contributed by atoms with Gasteiger partial charge in [0, 0.05) is 10.6 Å². The third-order valence-corrected chi connectivity index (χ3v) is 5.81. The van der Waals surface area contributed by atoms with E-state index in [2.05, 4.69) is 21.6 Å². The van der Waals surface area contributed by atoms with Gasteiger partial charge in [0.15, 0.2) is 5.82 Å². The van der Waals surface area contributed by atoms with Crippen LogP contribution < -0.4 is 0 Å². The summed E-state index contributed by atoms with van der Waals surface area (Å²) in [5, 5.41) is 20.9. The van der Waals surface area contributed by atoms with E-state index < -0.39 is 5.97 Å². The van der Waals surface area contributed by atoms with Gasteiger partial charge in [-0.25, -0.2) is 4.68 Å². The molecule has 0 aliphatic carbocycles. The first kappa shape index (κ1) is 14.5. The number of aromatic nitrogens is 4. The summed E-state index contributed by atoms with van der Waals surface area (Å²) in [5.41, 5.74) is 1.37. The Morgan fingerprint density at radius 2 is 2.43 bits per heavy atom. The molecular weight excluding hydrogens is 308 g/mol. The van der Waals surface area contributed by atoms with E-state index in [9.17, 15) is 4.79 Å². The maximum absolute atomic E-state index is 11.0. The molecule has 1 atom stereocenters. The van der Waals surface area contributed by atoms with Crippen molar-refractivity contribution in [1.29, 1.82) is 0 Å². The van der Waals surface area contributed by atoms with Gasteiger partial charge >= 0.3 is 5.97 Å². The lowest BCUT2D eigenvalue weighted by atomic mass is 10.1. The molecule has 0 spiro atoms. The number of nitrogens with zero attached hydrogens (tertiary/aromatic N) is 4. The standard InChI is InChI=1S/C13H16N4O2S2/c1-2-9(6-12(18)19)17-13(14-15-16-17)11-5-8-7-20-4-3-10(8)21-11/h5,9H,2-4,6-7H2,1H3,(H,18,19). The highest BCUT2D eigenvalue weighted by atomic mass is 32.2. The number of aryl methyl sites for hydroxylation is 1. The summed E-state index contributed by atoms with van der Waals surface area (Å²) >= 11 is 3.67. The van der Waals surface area contributed by atoms with Crippen LogP contribution in [0.5, 0.6) is 0 Å². The highest BCUT2D eigenvalue weighted by Gasteiger charge is 2.22. The SMILES string of the molecule is CCC(CC(=O)O)n1nnnc1-c1cc2c(s1)CCSC2. The highest BCUT2D eigenvalue weighted by molar-refractivity contribution is 7.98. The van der Waals surface area contributed by atoms with Crippen molar-refractivity contribution in [2.24, 2.45) is 0 Å². The van der Waals surface area contributed by atoms with E-state index in [1.165, 1.54) is 10.4 Å². The van der Waals surface area contributed by atoms with Crippen molar-refractivity contribution in [3.05, 3.63) is 16.5 Å². The molecule has 1 aliphatic rings. The number of carbonyl (C=O) groups is 1. The number of hydrogen-bond donors (Lipinski definition) is 1. The quantitative estimate of drug-likeness (QED) is 0.910. The fourth-order valence-corrected chi connectivity index (χ4v) is 4.81. The van der Waals surface area contributed by atoms with Crippen LogP contribution in [0.3, 0.4) is 0 Å². The molecule has 8 heteroatoms. The Kier molecular flexibility index (Phi) is 4.25. The van der Waals surface area contributed by atoms with Crippen LogP contribution >= 0.6 is 23.1 Å². The Morgan fingerprint density at radius 3 is 3.14 bits per heavy atom. The molecule has 0 saturated heterocycles. The number of aliphatic carboxylic acids is 1. The van der Waals surface area contributed by atoms with Crippen molar-refractivity contribution in [3.8, 4) is 10.7 Å². The molecule has 21 heavy (non-hydrogen) atoms. The highest BCUT2D eigenvalue weighted by Crippen LogP contribution is 2.36. The molecule has 0 fully saturated rings. The van der Waals surface area contributed by atoms with Gasteiger partial charge in [0.2, 0.25) is 0 Å². The van der Waals surface area contributed by atoms with Gasteiger partial charge in [-0.3, -0.25) is 4.79 Å². The molecule has 0 bridgehead atoms. The average molecular weight is 324 g/mol. The second-order valence-electron chi connectivity index (χ2n) is 4.97. The molecule has 0 amide bonds. The minimum Gasteiger partial charge on any atom is -0.481 e. The lowest BCUT2D eigenvalue weighted by Crippen LogP contribution is -2.15. The Balaban J connectivity index is 1.94. The first-order valence-electron chi connectivity index (χ1n) is 6.88. The molecule has 0 aromatic carbocycles. The number of thiophene rings is 1. The summed E-state index contributed by atoms with van der Waals surface area (Å²) < 4.78 is 1.67. The van der Waals surface area contributed by atoms with Crippen LogP contribution in [0.15, 0.2) is 6.07 Å². The van der Waals surface area contributed by atoms with E-state index in [4.69, 9.17) is 5.11 Å². The molecule has 1 unspecified atom stereocenters. The lowest BCUT2D eigenvalue weighted by molar-refractivity contribution is -0.138. The van der Waals surface area contributed by atoms with Gasteiger partial charge in [-0.05, 0) is 40.7 Å². The van der Waals surface area contributed by atoms with Crippen LogP contribution in [0.2, 0.25) is 0 Å². The Bertz CT molecular complexity index is 629. The van der Waals surface area contributed by atoms with E-state index in [0.717, 1.165) is 22.8 Å². The smallest absolute Gasteiger partial charge is 0.305 e.